The Bertz CT molecular complexity index is 517. The van der Waals surface area contributed by atoms with E-state index in [1.807, 2.05) is 0 Å². The minimum atomic E-state index is -0.292. The Morgan fingerprint density at radius 2 is 1.95 bits per heavy atom. The highest BCUT2D eigenvalue weighted by atomic mass is 16.6. The van der Waals surface area contributed by atoms with Crippen LogP contribution < -0.4 is 14.8 Å². The van der Waals surface area contributed by atoms with Gasteiger partial charge in [-0.05, 0) is 31.0 Å². The fourth-order valence-corrected chi connectivity index (χ4v) is 2.94. The highest BCUT2D eigenvalue weighted by molar-refractivity contribution is 5.94. The lowest BCUT2D eigenvalue weighted by Gasteiger charge is -2.27. The molecule has 2 atom stereocenters. The van der Waals surface area contributed by atoms with E-state index in [0.29, 0.717) is 36.8 Å². The van der Waals surface area contributed by atoms with Gasteiger partial charge in [0.05, 0.1) is 6.10 Å². The third kappa shape index (κ3) is 3.29. The van der Waals surface area contributed by atoms with Crippen LogP contribution >= 0.6 is 0 Å². The van der Waals surface area contributed by atoms with E-state index in [2.05, 4.69) is 5.32 Å². The van der Waals surface area contributed by atoms with Crippen LogP contribution in [0.3, 0.4) is 0 Å². The highest BCUT2D eigenvalue weighted by Gasteiger charge is 2.23. The zero-order chi connectivity index (χ0) is 14.7. The first-order chi connectivity index (χ1) is 10.2. The number of hydrogen-bond donors (Lipinski definition) is 2. The summed E-state index contributed by atoms with van der Waals surface area (Å²) in [6.45, 7) is 1.57. The van der Waals surface area contributed by atoms with Crippen LogP contribution in [-0.4, -0.2) is 36.9 Å². The number of aliphatic hydroxyl groups excluding tert-OH is 1. The number of benzene rings is 1. The van der Waals surface area contributed by atoms with Crippen molar-refractivity contribution in [3.63, 3.8) is 0 Å². The summed E-state index contributed by atoms with van der Waals surface area (Å²) in [5, 5.41) is 12.8. The zero-order valence-corrected chi connectivity index (χ0v) is 12.0. The number of carbonyl (C=O) groups excluding carboxylic acids is 1. The second-order valence-corrected chi connectivity index (χ2v) is 5.68. The van der Waals surface area contributed by atoms with E-state index in [0.717, 1.165) is 25.7 Å². The van der Waals surface area contributed by atoms with Crippen molar-refractivity contribution in [2.75, 3.05) is 19.8 Å². The summed E-state index contributed by atoms with van der Waals surface area (Å²) in [6, 6.07) is 5.21. The molecule has 1 heterocycles. The van der Waals surface area contributed by atoms with Crippen molar-refractivity contribution < 1.29 is 19.4 Å². The maximum absolute atomic E-state index is 12.2. The average Bonchev–Trinajstić information content (AvgIpc) is 2.53. The van der Waals surface area contributed by atoms with Gasteiger partial charge in [-0.3, -0.25) is 4.79 Å². The quantitative estimate of drug-likeness (QED) is 0.890. The second-order valence-electron chi connectivity index (χ2n) is 5.68. The predicted octanol–water partition coefficient (Wildman–Crippen LogP) is 1.74. The Labute approximate surface area is 124 Å². The van der Waals surface area contributed by atoms with Crippen LogP contribution in [0, 0.1) is 5.92 Å². The number of fused-ring (bicyclic) bond motifs is 1. The van der Waals surface area contributed by atoms with Crippen molar-refractivity contribution in [1.29, 1.82) is 0 Å². The predicted molar refractivity (Wildman–Crippen MR) is 77.7 cm³/mol. The van der Waals surface area contributed by atoms with Gasteiger partial charge in [0, 0.05) is 18.0 Å². The fraction of sp³-hybridized carbons (Fsp3) is 0.562. The molecule has 0 bridgehead atoms. The van der Waals surface area contributed by atoms with Gasteiger partial charge in [-0.2, -0.15) is 0 Å². The first-order valence-corrected chi connectivity index (χ1v) is 7.60. The first-order valence-electron chi connectivity index (χ1n) is 7.60. The van der Waals surface area contributed by atoms with E-state index >= 15 is 0 Å². The number of carbonyl (C=O) groups is 1. The van der Waals surface area contributed by atoms with Crippen molar-refractivity contribution in [1.82, 2.24) is 5.32 Å². The molecular formula is C16H21NO4. The average molecular weight is 291 g/mol. The van der Waals surface area contributed by atoms with E-state index in [-0.39, 0.29) is 17.9 Å². The Balaban J connectivity index is 1.60. The van der Waals surface area contributed by atoms with E-state index < -0.39 is 0 Å². The summed E-state index contributed by atoms with van der Waals surface area (Å²) in [4.78, 5) is 12.2. The normalized spacial score (nSPS) is 24.4. The lowest BCUT2D eigenvalue weighted by Crippen LogP contribution is -2.36. The molecule has 2 N–H and O–H groups in total. The lowest BCUT2D eigenvalue weighted by atomic mass is 9.86. The summed E-state index contributed by atoms with van der Waals surface area (Å²) in [5.41, 5.74) is 0.560. The third-order valence-corrected chi connectivity index (χ3v) is 4.20. The molecule has 5 heteroatoms. The monoisotopic (exact) mass is 291 g/mol. The van der Waals surface area contributed by atoms with Gasteiger partial charge in [-0.1, -0.05) is 12.8 Å². The molecule has 1 fully saturated rings. The number of hydrogen-bond acceptors (Lipinski definition) is 4. The molecule has 2 aliphatic rings. The molecule has 114 valence electrons. The molecule has 21 heavy (non-hydrogen) atoms. The molecule has 1 aromatic carbocycles. The maximum Gasteiger partial charge on any atom is 0.251 e. The molecule has 1 amide bonds. The van der Waals surface area contributed by atoms with Crippen LogP contribution in [0.1, 0.15) is 36.0 Å². The fourth-order valence-electron chi connectivity index (χ4n) is 2.94. The SMILES string of the molecule is O=C(NCC1CCCCC1O)c1ccc2c(c1)OCCO2. The number of amides is 1. The number of nitrogens with one attached hydrogen (secondary N) is 1. The van der Waals surface area contributed by atoms with E-state index in [9.17, 15) is 9.90 Å². The number of ether oxygens (including phenoxy) is 2. The van der Waals surface area contributed by atoms with Crippen molar-refractivity contribution in [2.45, 2.75) is 31.8 Å². The van der Waals surface area contributed by atoms with Crippen LogP contribution in [0.2, 0.25) is 0 Å². The molecule has 1 aliphatic heterocycles. The zero-order valence-electron chi connectivity index (χ0n) is 12.0. The molecule has 0 aromatic heterocycles. The van der Waals surface area contributed by atoms with Gasteiger partial charge in [0.15, 0.2) is 11.5 Å². The largest absolute Gasteiger partial charge is 0.486 e. The van der Waals surface area contributed by atoms with Crippen LogP contribution in [0.25, 0.3) is 0 Å². The Morgan fingerprint density at radius 1 is 1.19 bits per heavy atom. The van der Waals surface area contributed by atoms with Crippen LogP contribution in [-0.2, 0) is 0 Å². The molecule has 1 aliphatic carbocycles. The van der Waals surface area contributed by atoms with Crippen LogP contribution in [0.15, 0.2) is 18.2 Å². The van der Waals surface area contributed by atoms with Crippen LogP contribution in [0.5, 0.6) is 11.5 Å². The highest BCUT2D eigenvalue weighted by Crippen LogP contribution is 2.30. The van der Waals surface area contributed by atoms with Crippen molar-refractivity contribution in [3.8, 4) is 11.5 Å². The topological polar surface area (TPSA) is 67.8 Å². The summed E-state index contributed by atoms with van der Waals surface area (Å²) < 4.78 is 10.9. The number of rotatable bonds is 3. The molecule has 1 aromatic rings. The smallest absolute Gasteiger partial charge is 0.251 e. The van der Waals surface area contributed by atoms with E-state index in [1.54, 1.807) is 18.2 Å². The lowest BCUT2D eigenvalue weighted by molar-refractivity contribution is 0.0662. The van der Waals surface area contributed by atoms with E-state index in [1.165, 1.54) is 0 Å². The van der Waals surface area contributed by atoms with Crippen LogP contribution in [0.4, 0.5) is 0 Å². The Kier molecular flexibility index (Phi) is 4.29. The van der Waals surface area contributed by atoms with Crippen molar-refractivity contribution in [2.24, 2.45) is 5.92 Å². The van der Waals surface area contributed by atoms with Gasteiger partial charge in [-0.15, -0.1) is 0 Å². The summed E-state index contributed by atoms with van der Waals surface area (Å²) in [7, 11) is 0. The molecule has 5 nitrogen and oxygen atoms in total. The molecule has 0 spiro atoms. The van der Waals surface area contributed by atoms with Gasteiger partial charge in [0.25, 0.3) is 5.91 Å². The minimum absolute atomic E-state index is 0.134. The molecule has 1 saturated carbocycles. The van der Waals surface area contributed by atoms with E-state index in [4.69, 9.17) is 9.47 Å². The second kappa shape index (κ2) is 6.35. The maximum atomic E-state index is 12.2. The van der Waals surface area contributed by atoms with Gasteiger partial charge < -0.3 is 19.9 Å². The van der Waals surface area contributed by atoms with Gasteiger partial charge in [0.1, 0.15) is 13.2 Å². The van der Waals surface area contributed by atoms with Gasteiger partial charge >= 0.3 is 0 Å². The molecule has 2 unspecified atom stereocenters. The number of aliphatic hydroxyl groups is 1. The van der Waals surface area contributed by atoms with Crippen molar-refractivity contribution in [3.05, 3.63) is 23.8 Å². The van der Waals surface area contributed by atoms with Gasteiger partial charge in [-0.25, -0.2) is 0 Å². The first kappa shape index (κ1) is 14.2. The summed E-state index contributed by atoms with van der Waals surface area (Å²) >= 11 is 0. The van der Waals surface area contributed by atoms with Crippen molar-refractivity contribution >= 4 is 5.91 Å². The molecule has 3 rings (SSSR count). The summed E-state index contributed by atoms with van der Waals surface area (Å²) in [6.07, 6.45) is 3.72. The molecule has 0 radical (unpaired) electrons. The molecular weight excluding hydrogens is 270 g/mol. The van der Waals surface area contributed by atoms with Gasteiger partial charge in [0.2, 0.25) is 0 Å². The Hall–Kier alpha value is -1.75. The Morgan fingerprint density at radius 3 is 2.76 bits per heavy atom. The standard InChI is InChI=1S/C16H21NO4/c18-13-4-2-1-3-12(13)10-17-16(19)11-5-6-14-15(9-11)21-8-7-20-14/h5-6,9,12-13,18H,1-4,7-8,10H2,(H,17,19). The minimum Gasteiger partial charge on any atom is -0.486 e. The summed E-state index contributed by atoms with van der Waals surface area (Å²) in [5.74, 6) is 1.33. The molecule has 0 saturated heterocycles. The third-order valence-electron chi connectivity index (χ3n) is 4.20.